The molecular weight excluding hydrogens is 280 g/mol. The summed E-state index contributed by atoms with van der Waals surface area (Å²) in [5, 5.41) is 0. The SMILES string of the molecule is COC(=O)CCN(C)S(=O)(=O)NC1CCC(C)C(C)C1. The first-order valence-electron chi connectivity index (χ1n) is 7.06. The van der Waals surface area contributed by atoms with Crippen molar-refractivity contribution in [3.05, 3.63) is 0 Å². The molecule has 0 aromatic carbocycles. The van der Waals surface area contributed by atoms with Gasteiger partial charge in [0.2, 0.25) is 0 Å². The zero-order valence-corrected chi connectivity index (χ0v) is 13.6. The van der Waals surface area contributed by atoms with E-state index in [2.05, 4.69) is 23.3 Å². The van der Waals surface area contributed by atoms with E-state index in [0.29, 0.717) is 11.8 Å². The molecule has 0 saturated heterocycles. The Hall–Kier alpha value is -0.660. The van der Waals surface area contributed by atoms with Crippen LogP contribution in [0.5, 0.6) is 0 Å². The first-order chi connectivity index (χ1) is 9.26. The Morgan fingerprint density at radius 2 is 1.95 bits per heavy atom. The van der Waals surface area contributed by atoms with E-state index in [1.165, 1.54) is 18.5 Å². The van der Waals surface area contributed by atoms with Crippen LogP contribution in [0, 0.1) is 11.8 Å². The first kappa shape index (κ1) is 17.4. The number of methoxy groups -OCH3 is 1. The lowest BCUT2D eigenvalue weighted by Gasteiger charge is -2.33. The summed E-state index contributed by atoms with van der Waals surface area (Å²) in [7, 11) is -0.765. The Morgan fingerprint density at radius 3 is 2.50 bits per heavy atom. The third kappa shape index (κ3) is 5.03. The van der Waals surface area contributed by atoms with E-state index in [-0.39, 0.29) is 19.0 Å². The van der Waals surface area contributed by atoms with Crippen molar-refractivity contribution in [3.8, 4) is 0 Å². The summed E-state index contributed by atoms with van der Waals surface area (Å²) in [4.78, 5) is 11.0. The Balaban J connectivity index is 2.50. The minimum atomic E-state index is -3.53. The maximum atomic E-state index is 12.2. The van der Waals surface area contributed by atoms with Crippen molar-refractivity contribution in [3.63, 3.8) is 0 Å². The van der Waals surface area contributed by atoms with Gasteiger partial charge >= 0.3 is 5.97 Å². The number of esters is 1. The highest BCUT2D eigenvalue weighted by molar-refractivity contribution is 7.87. The summed E-state index contributed by atoms with van der Waals surface area (Å²) >= 11 is 0. The molecule has 1 aliphatic rings. The largest absolute Gasteiger partial charge is 0.469 e. The molecule has 6 nitrogen and oxygen atoms in total. The van der Waals surface area contributed by atoms with E-state index in [9.17, 15) is 13.2 Å². The Labute approximate surface area is 122 Å². The van der Waals surface area contributed by atoms with Crippen molar-refractivity contribution in [2.24, 2.45) is 11.8 Å². The molecule has 0 aromatic heterocycles. The molecule has 3 unspecified atom stereocenters. The van der Waals surface area contributed by atoms with Crippen LogP contribution in [0.25, 0.3) is 0 Å². The highest BCUT2D eigenvalue weighted by Crippen LogP contribution is 2.29. The van der Waals surface area contributed by atoms with Gasteiger partial charge in [0.15, 0.2) is 0 Å². The predicted octanol–water partition coefficient (Wildman–Crippen LogP) is 1.14. The highest BCUT2D eigenvalue weighted by Gasteiger charge is 2.29. The number of ether oxygens (including phenoxy) is 1. The quantitative estimate of drug-likeness (QED) is 0.747. The monoisotopic (exact) mass is 306 g/mol. The molecule has 0 amide bonds. The van der Waals surface area contributed by atoms with E-state index >= 15 is 0 Å². The van der Waals surface area contributed by atoms with Crippen molar-refractivity contribution in [2.45, 2.75) is 45.6 Å². The summed E-state index contributed by atoms with van der Waals surface area (Å²) in [6.07, 6.45) is 2.84. The van der Waals surface area contributed by atoms with Crippen molar-refractivity contribution in [2.75, 3.05) is 20.7 Å². The van der Waals surface area contributed by atoms with Crippen molar-refractivity contribution < 1.29 is 17.9 Å². The van der Waals surface area contributed by atoms with Gasteiger partial charge in [0, 0.05) is 19.6 Å². The zero-order valence-electron chi connectivity index (χ0n) is 12.8. The van der Waals surface area contributed by atoms with Crippen LogP contribution in [0.4, 0.5) is 0 Å². The van der Waals surface area contributed by atoms with Gasteiger partial charge in [-0.05, 0) is 31.1 Å². The molecule has 0 heterocycles. The van der Waals surface area contributed by atoms with E-state index in [1.54, 1.807) is 0 Å². The van der Waals surface area contributed by atoms with E-state index in [0.717, 1.165) is 19.3 Å². The first-order valence-corrected chi connectivity index (χ1v) is 8.50. The molecule has 20 heavy (non-hydrogen) atoms. The van der Waals surface area contributed by atoms with Gasteiger partial charge in [-0.1, -0.05) is 13.8 Å². The molecule has 0 radical (unpaired) electrons. The molecule has 1 aliphatic carbocycles. The molecule has 3 atom stereocenters. The molecule has 7 heteroatoms. The van der Waals surface area contributed by atoms with Crippen LogP contribution < -0.4 is 4.72 Å². The number of carbonyl (C=O) groups is 1. The fourth-order valence-electron chi connectivity index (χ4n) is 2.43. The maximum Gasteiger partial charge on any atom is 0.306 e. The van der Waals surface area contributed by atoms with Crippen LogP contribution in [0.15, 0.2) is 0 Å². The molecule has 1 saturated carbocycles. The summed E-state index contributed by atoms with van der Waals surface area (Å²) < 4.78 is 32.7. The lowest BCUT2D eigenvalue weighted by Crippen LogP contribution is -2.46. The number of carbonyl (C=O) groups excluding carboxylic acids is 1. The molecule has 118 valence electrons. The number of hydrogen-bond acceptors (Lipinski definition) is 4. The van der Waals surface area contributed by atoms with Gasteiger partial charge in [-0.25, -0.2) is 0 Å². The van der Waals surface area contributed by atoms with Crippen LogP contribution in [0.2, 0.25) is 0 Å². The van der Waals surface area contributed by atoms with E-state index < -0.39 is 16.2 Å². The van der Waals surface area contributed by atoms with Crippen LogP contribution in [0.3, 0.4) is 0 Å². The smallest absolute Gasteiger partial charge is 0.306 e. The third-order valence-electron chi connectivity index (χ3n) is 4.18. The number of hydrogen-bond donors (Lipinski definition) is 1. The molecule has 1 rings (SSSR count). The van der Waals surface area contributed by atoms with Gasteiger partial charge < -0.3 is 4.74 Å². The molecule has 0 bridgehead atoms. The second kappa shape index (κ2) is 7.38. The molecule has 0 spiro atoms. The normalized spacial score (nSPS) is 27.6. The fraction of sp³-hybridized carbons (Fsp3) is 0.923. The molecule has 1 fully saturated rings. The van der Waals surface area contributed by atoms with E-state index in [4.69, 9.17) is 0 Å². The van der Waals surface area contributed by atoms with Crippen LogP contribution in [-0.2, 0) is 19.7 Å². The maximum absolute atomic E-state index is 12.2. The highest BCUT2D eigenvalue weighted by atomic mass is 32.2. The van der Waals surface area contributed by atoms with Gasteiger partial charge in [0.05, 0.1) is 13.5 Å². The number of rotatable bonds is 6. The second-order valence-electron chi connectivity index (χ2n) is 5.74. The van der Waals surface area contributed by atoms with Gasteiger partial charge in [-0.15, -0.1) is 0 Å². The summed E-state index contributed by atoms with van der Waals surface area (Å²) in [6.45, 7) is 4.49. The lowest BCUT2D eigenvalue weighted by molar-refractivity contribution is -0.140. The Morgan fingerprint density at radius 1 is 1.30 bits per heavy atom. The minimum Gasteiger partial charge on any atom is -0.469 e. The molecule has 0 aromatic rings. The standard InChI is InChI=1S/C13H26N2O4S/c1-10-5-6-12(9-11(10)2)14-20(17,18)15(3)8-7-13(16)19-4/h10-12,14H,5-9H2,1-4H3. The topological polar surface area (TPSA) is 75.7 Å². The summed E-state index contributed by atoms with van der Waals surface area (Å²) in [5.41, 5.74) is 0. The Bertz CT molecular complexity index is 424. The fourth-order valence-corrected chi connectivity index (χ4v) is 3.57. The van der Waals surface area contributed by atoms with Gasteiger partial charge in [-0.2, -0.15) is 17.4 Å². The van der Waals surface area contributed by atoms with Gasteiger partial charge in [-0.3, -0.25) is 4.79 Å². The molecule has 0 aliphatic heterocycles. The zero-order chi connectivity index (χ0) is 15.3. The average molecular weight is 306 g/mol. The number of nitrogens with one attached hydrogen (secondary N) is 1. The van der Waals surface area contributed by atoms with Crippen molar-refractivity contribution in [1.29, 1.82) is 0 Å². The van der Waals surface area contributed by atoms with Gasteiger partial charge in [0.25, 0.3) is 10.2 Å². The van der Waals surface area contributed by atoms with Crippen molar-refractivity contribution >= 4 is 16.2 Å². The number of nitrogens with zero attached hydrogens (tertiary/aromatic N) is 1. The van der Waals surface area contributed by atoms with Crippen LogP contribution in [0.1, 0.15) is 39.5 Å². The predicted molar refractivity (Wildman–Crippen MR) is 77.3 cm³/mol. The minimum absolute atomic E-state index is 0.00761. The molecular formula is C13H26N2O4S. The van der Waals surface area contributed by atoms with E-state index in [1.807, 2.05) is 0 Å². The second-order valence-corrected chi connectivity index (χ2v) is 7.54. The van der Waals surface area contributed by atoms with Crippen LogP contribution >= 0.6 is 0 Å². The third-order valence-corrected chi connectivity index (χ3v) is 5.82. The summed E-state index contributed by atoms with van der Waals surface area (Å²) in [6, 6.07) is -0.00761. The average Bonchev–Trinajstić information content (AvgIpc) is 2.39. The van der Waals surface area contributed by atoms with Gasteiger partial charge in [0.1, 0.15) is 0 Å². The lowest BCUT2D eigenvalue weighted by atomic mass is 9.79. The summed E-state index contributed by atoms with van der Waals surface area (Å²) in [5.74, 6) is 0.761. The molecule has 1 N–H and O–H groups in total. The Kier molecular flexibility index (Phi) is 6.42. The van der Waals surface area contributed by atoms with Crippen LogP contribution in [-0.4, -0.2) is 45.4 Å². The van der Waals surface area contributed by atoms with Crippen molar-refractivity contribution in [1.82, 2.24) is 9.03 Å².